The van der Waals surface area contributed by atoms with Gasteiger partial charge in [0.2, 0.25) is 0 Å². The van der Waals surface area contributed by atoms with E-state index in [2.05, 4.69) is 109 Å². The Bertz CT molecular complexity index is 1300. The minimum absolute atomic E-state index is 0.00635. The van der Waals surface area contributed by atoms with Gasteiger partial charge >= 0.3 is 194 Å². The maximum absolute atomic E-state index is 12.5. The van der Waals surface area contributed by atoms with Crippen molar-refractivity contribution in [3.8, 4) is 0 Å². The van der Waals surface area contributed by atoms with Crippen LogP contribution in [0, 0.1) is 0 Å². The van der Waals surface area contributed by atoms with E-state index >= 15 is 0 Å². The van der Waals surface area contributed by atoms with Crippen LogP contribution in [0.5, 0.6) is 0 Å². The fourth-order valence-corrected chi connectivity index (χ4v) is 11.0. The third kappa shape index (κ3) is 9.63. The number of nitrogens with one attached hydrogen (secondary N) is 2. The number of benzene rings is 4. The second kappa shape index (κ2) is 18.1. The van der Waals surface area contributed by atoms with Gasteiger partial charge in [0.1, 0.15) is 0 Å². The van der Waals surface area contributed by atoms with Crippen LogP contribution in [-0.4, -0.2) is 31.1 Å². The van der Waals surface area contributed by atoms with Gasteiger partial charge in [0, 0.05) is 12.1 Å². The van der Waals surface area contributed by atoms with Crippen molar-refractivity contribution in [2.45, 2.75) is 64.7 Å². The van der Waals surface area contributed by atoms with E-state index in [9.17, 15) is 9.59 Å². The monoisotopic (exact) mass is 608 g/mol. The number of unbranched alkanes of at least 4 members (excludes halogenated alkanes) is 5. The Morgan fingerprint density at radius 1 is 0.545 bits per heavy atom. The van der Waals surface area contributed by atoms with Gasteiger partial charge in [0.05, 0.1) is 0 Å². The third-order valence-corrected chi connectivity index (χ3v) is 13.7. The van der Waals surface area contributed by atoms with E-state index in [0.29, 0.717) is 13.0 Å². The Labute approximate surface area is 265 Å². The van der Waals surface area contributed by atoms with Crippen molar-refractivity contribution >= 4 is 35.0 Å². The molecular weight excluding hydrogens is 559 g/mol. The van der Waals surface area contributed by atoms with E-state index in [1.165, 1.54) is 21.5 Å². The molecule has 0 aromatic heterocycles. The molecule has 0 bridgehead atoms. The molecule has 5 heteroatoms. The summed E-state index contributed by atoms with van der Waals surface area (Å²) in [4.78, 5) is 24.8. The number of carbonyl (C=O) groups excluding carboxylic acids is 2. The SMILES string of the molecule is CCc1ccc(C(=O)NCCCCCCNC(=O)CCCCC[PH](c2ccccc2)(c2ccccc2)c2ccccc2)cc1. The van der Waals surface area contributed by atoms with Crippen LogP contribution >= 0.6 is 7.26 Å². The molecule has 0 aliphatic carbocycles. The van der Waals surface area contributed by atoms with E-state index in [-0.39, 0.29) is 11.8 Å². The Hall–Kier alpha value is -3.75. The number of hydrogen-bond acceptors (Lipinski definition) is 2. The minimum Gasteiger partial charge on any atom is -0.0583 e. The van der Waals surface area contributed by atoms with Gasteiger partial charge in [-0.1, -0.05) is 19.1 Å². The molecule has 0 fully saturated rings. The summed E-state index contributed by atoms with van der Waals surface area (Å²) in [5.74, 6) is 0.150. The number of carbonyl (C=O) groups is 2. The molecule has 4 aromatic rings. The maximum Gasteiger partial charge on any atom is -0.0492 e. The minimum atomic E-state index is -2.19. The van der Waals surface area contributed by atoms with Gasteiger partial charge in [-0.2, -0.15) is 0 Å². The van der Waals surface area contributed by atoms with Crippen molar-refractivity contribution in [2.24, 2.45) is 0 Å². The topological polar surface area (TPSA) is 58.2 Å². The Morgan fingerprint density at radius 2 is 1.02 bits per heavy atom. The Balaban J connectivity index is 1.14. The zero-order valence-corrected chi connectivity index (χ0v) is 27.3. The molecule has 0 radical (unpaired) electrons. The summed E-state index contributed by atoms with van der Waals surface area (Å²) >= 11 is 0. The van der Waals surface area contributed by atoms with Crippen LogP contribution in [0.25, 0.3) is 0 Å². The molecule has 0 spiro atoms. The van der Waals surface area contributed by atoms with Gasteiger partial charge in [0.15, 0.2) is 0 Å². The first-order chi connectivity index (χ1) is 21.6. The Kier molecular flexibility index (Phi) is 13.7. The average Bonchev–Trinajstić information content (AvgIpc) is 3.08. The zero-order chi connectivity index (χ0) is 30.9. The fourth-order valence-electron chi connectivity index (χ4n) is 6.07. The fraction of sp³-hybridized carbons (Fsp3) is 0.333. The molecule has 0 atom stereocenters. The molecule has 0 unspecified atom stereocenters. The van der Waals surface area contributed by atoms with Crippen LogP contribution in [0.3, 0.4) is 0 Å². The van der Waals surface area contributed by atoms with Gasteiger partial charge in [-0.15, -0.1) is 0 Å². The largest absolute Gasteiger partial charge is 0.0583 e. The van der Waals surface area contributed by atoms with Crippen molar-refractivity contribution in [2.75, 3.05) is 19.3 Å². The second-order valence-corrected chi connectivity index (χ2v) is 15.7. The molecule has 0 aliphatic rings. The maximum atomic E-state index is 12.5. The molecule has 4 rings (SSSR count). The molecule has 4 aromatic carbocycles. The number of aryl methyl sites for hydroxylation is 1. The molecule has 44 heavy (non-hydrogen) atoms. The summed E-state index contributed by atoms with van der Waals surface area (Å²) in [6, 6.07) is 41.0. The van der Waals surface area contributed by atoms with Gasteiger partial charge in [-0.3, -0.25) is 4.79 Å². The quantitative estimate of drug-likeness (QED) is 0.0950. The van der Waals surface area contributed by atoms with Gasteiger partial charge in [-0.05, 0) is 24.1 Å². The van der Waals surface area contributed by atoms with Gasteiger partial charge in [-0.25, -0.2) is 0 Å². The van der Waals surface area contributed by atoms with Crippen LogP contribution in [0.1, 0.15) is 74.2 Å². The standard InChI is InChI=1S/C39H49N2O2P/c1-2-33-26-28-34(29-27-33)39(43)41-31-17-4-3-16-30-40-38(42)25-15-8-18-32-44(35-19-9-5-10-20-35,36-21-11-6-12-22-36)37-23-13-7-14-24-37/h5-7,9-14,19-24,26-29,44H,2-4,8,15-18,25,30-32H2,1H3,(H,40,42)(H,41,43). The van der Waals surface area contributed by atoms with E-state index in [4.69, 9.17) is 0 Å². The molecule has 0 saturated heterocycles. The number of amides is 2. The zero-order valence-electron chi connectivity index (χ0n) is 26.3. The first kappa shape index (κ1) is 33.1. The molecule has 2 amide bonds. The second-order valence-electron chi connectivity index (χ2n) is 11.6. The van der Waals surface area contributed by atoms with Crippen molar-refractivity contribution < 1.29 is 9.59 Å². The summed E-state index contributed by atoms with van der Waals surface area (Å²) in [5, 5.41) is 10.4. The van der Waals surface area contributed by atoms with Gasteiger partial charge in [0.25, 0.3) is 5.91 Å². The first-order valence-corrected chi connectivity index (χ1v) is 18.6. The Morgan fingerprint density at radius 3 is 1.52 bits per heavy atom. The normalized spacial score (nSPS) is 11.6. The van der Waals surface area contributed by atoms with Gasteiger partial charge < -0.3 is 5.32 Å². The van der Waals surface area contributed by atoms with E-state index in [1.807, 2.05) is 24.3 Å². The molecule has 0 heterocycles. The molecular formula is C39H49N2O2P. The van der Waals surface area contributed by atoms with Crippen LogP contribution in [0.4, 0.5) is 0 Å². The number of rotatable bonds is 18. The summed E-state index contributed by atoms with van der Waals surface area (Å²) in [6.45, 7) is 3.52. The van der Waals surface area contributed by atoms with E-state index in [0.717, 1.165) is 69.6 Å². The van der Waals surface area contributed by atoms with Crippen molar-refractivity contribution in [1.29, 1.82) is 0 Å². The smallest absolute Gasteiger partial charge is 0.0492 e. The van der Waals surface area contributed by atoms with E-state index in [1.54, 1.807) is 0 Å². The average molecular weight is 609 g/mol. The first-order valence-electron chi connectivity index (χ1n) is 16.4. The van der Waals surface area contributed by atoms with Crippen LogP contribution < -0.4 is 26.5 Å². The van der Waals surface area contributed by atoms with Crippen molar-refractivity contribution in [3.63, 3.8) is 0 Å². The number of hydrogen-bond donors (Lipinski definition) is 2. The molecule has 2 N–H and O–H groups in total. The van der Waals surface area contributed by atoms with Crippen LogP contribution in [0.2, 0.25) is 0 Å². The van der Waals surface area contributed by atoms with Crippen LogP contribution in [0.15, 0.2) is 115 Å². The molecule has 232 valence electrons. The summed E-state index contributed by atoms with van der Waals surface area (Å²) in [7, 11) is -2.19. The summed E-state index contributed by atoms with van der Waals surface area (Å²) < 4.78 is 0. The van der Waals surface area contributed by atoms with E-state index < -0.39 is 7.26 Å². The summed E-state index contributed by atoms with van der Waals surface area (Å²) in [6.07, 6.45) is 9.75. The third-order valence-electron chi connectivity index (χ3n) is 8.59. The van der Waals surface area contributed by atoms with Crippen molar-refractivity contribution in [3.05, 3.63) is 126 Å². The predicted molar refractivity (Wildman–Crippen MR) is 190 cm³/mol. The summed E-state index contributed by atoms with van der Waals surface area (Å²) in [5.41, 5.74) is 1.96. The van der Waals surface area contributed by atoms with Crippen LogP contribution in [-0.2, 0) is 11.2 Å². The molecule has 4 nitrogen and oxygen atoms in total. The molecule has 0 saturated carbocycles. The van der Waals surface area contributed by atoms with Crippen molar-refractivity contribution in [1.82, 2.24) is 10.6 Å². The predicted octanol–water partition coefficient (Wildman–Crippen LogP) is 6.94. The molecule has 0 aliphatic heterocycles.